The largest absolute Gasteiger partial charge is 1.00 e. The first-order valence-electron chi connectivity index (χ1n) is 50.4. The first-order chi connectivity index (χ1) is 66.3. The van der Waals surface area contributed by atoms with Crippen molar-refractivity contribution in [2.45, 2.75) is 477 Å². The summed E-state index contributed by atoms with van der Waals surface area (Å²) in [5, 5.41) is 62.8. The Labute approximate surface area is 840 Å². The number of aliphatic hydroxyl groups excluding tert-OH is 6. The monoisotopic (exact) mass is 2000 g/mol. The Hall–Kier alpha value is -6.53. The van der Waals surface area contributed by atoms with Gasteiger partial charge in [0.15, 0.2) is 33.0 Å². The van der Waals surface area contributed by atoms with Gasteiger partial charge in [-0.05, 0) is 150 Å². The minimum absolute atomic E-state index is 0. The number of carbonyl (C=O) groups excluding carboxylic acids is 1. The predicted molar refractivity (Wildman–Crippen MR) is 528 cm³/mol. The molecule has 1 unspecified atom stereocenters. The molecule has 0 radical (unpaired) electrons. The molecule has 2 aromatic rings. The third-order valence-corrected chi connectivity index (χ3v) is 33.1. The number of nitrogens with zero attached hydrogens (tertiary/aromatic N) is 5. The number of hydrogen-bond donors (Lipinski definition) is 7. The summed E-state index contributed by atoms with van der Waals surface area (Å²) in [5.74, 6) is 0.791. The maximum absolute atomic E-state index is 11.1. The standard InChI is InChI=1S/C23H41NO5Si.C21H27NO5.C16H21NO4.C14H23NO5.C13H19NO4.C8H10O2.C4H8O2.C4H10.C2H4O2.CH4/c1-16(24-7)12-17-10-11-20-23(28-17,15-26-30(8,9)21(2,3)4)13-18(27-20)19-14-25-22(5,6)29-19;1-14(22-2)10-17-8-9-19-21(27-17)11-18(26-19)20(25-13-21)24-12-15-4-6-16(23-3)7-5-15;1-10(17-3)8-12-4-5-15-16(21-12)7-6-13(19-11(2)18)14(9-16)20-15;1-9(15-2)5-10-3-4-13-14(8-17,20-10)6-12(19-13)11(18)7-16;1-8(14-2)5-9-3-4-11-13(18-9)6-10(17-11)12(15)16-7-13;1-10-8-4-2-7(6-9)3-5-8;5-4-2-1-3-6-4;1-4(2)3;1-2(3)4;/h16-20H,10-15H2,1-6,8-9H3;4-7,14,17-20H,8-13H2,1,3H3;6-7,10,12-15H,4-5,8-9H2,1-2H3;9-13,16-18H,3-8H2,1H3;8-12,15H,3-7H2,1H3;2-5,9H,6H2,1H3;4-5H,1-3H2;4H,1-3H3;1H3,(H,3,4);1H4/p+1/t16-,17-,18-,19-,20+,23-;14-,17-,18-,19+,20-,21-;10-,12-,13-,14-,15+,16+;9-,10-,11-,12-,13+,14-;8-,9-,10-,11+,12-,13-;;;;;/m11111...../s1. The van der Waals surface area contributed by atoms with E-state index in [1.54, 1.807) is 14.2 Å². The number of ether oxygens (including phenoxy) is 19. The van der Waals surface area contributed by atoms with E-state index in [2.05, 4.69) is 78.9 Å². The Kier molecular flexibility index (Phi) is 46.6. The van der Waals surface area contributed by atoms with Crippen LogP contribution in [0.4, 0.5) is 0 Å². The predicted octanol–water partition coefficient (Wildman–Crippen LogP) is 15.6. The van der Waals surface area contributed by atoms with Crippen LogP contribution in [0.1, 0.15) is 265 Å². The highest BCUT2D eigenvalue weighted by Crippen LogP contribution is 2.53. The van der Waals surface area contributed by atoms with Crippen molar-refractivity contribution in [3.05, 3.63) is 129 Å². The summed E-state index contributed by atoms with van der Waals surface area (Å²) in [6.07, 6.45) is 18.1. The lowest BCUT2D eigenvalue weighted by Crippen LogP contribution is -2.55. The maximum atomic E-state index is 11.1. The summed E-state index contributed by atoms with van der Waals surface area (Å²) in [5.41, 5.74) is -0.428. The molecule has 34 nitrogen and oxygen atoms in total. The number of carboxylic acids is 1. The molecule has 1 aliphatic carbocycles. The Balaban J connectivity index is 0.000000228. The highest BCUT2D eigenvalue weighted by Gasteiger charge is 2.63. The van der Waals surface area contributed by atoms with Gasteiger partial charge in [-0.25, -0.2) is 32.9 Å². The van der Waals surface area contributed by atoms with E-state index in [-0.39, 0.29) is 191 Å². The van der Waals surface area contributed by atoms with Gasteiger partial charge in [0.25, 0.3) is 5.97 Å². The van der Waals surface area contributed by atoms with Gasteiger partial charge in [0.05, 0.1) is 140 Å². The van der Waals surface area contributed by atoms with E-state index in [1.807, 2.05) is 109 Å². The average molecular weight is 2000 g/mol. The van der Waals surface area contributed by atoms with E-state index in [0.717, 1.165) is 164 Å². The highest BCUT2D eigenvalue weighted by molar-refractivity contribution is 6.74. The minimum atomic E-state index is -1.93. The molecule has 794 valence electrons. The number of carbonyl (C=O) groups is 2. The number of benzene rings is 2. The highest BCUT2D eigenvalue weighted by atomic mass is 28.4. The van der Waals surface area contributed by atoms with Crippen molar-refractivity contribution >= 4 is 20.3 Å². The minimum Gasteiger partial charge on any atom is -0.497 e. The van der Waals surface area contributed by atoms with Gasteiger partial charge in [0.1, 0.15) is 76.1 Å². The SMILES string of the molecule is C.CC(=O)O.CC(C)C.COc1ccc(CO)cc1.OC1CCCO1.[C-]#[N+][C@H](C)C[C@H]1CC[C@@H]2O[C@@H]([C@H](O)CO)C[C@]2(CO)O1.[C-]#[N+][C@H](C)C[C@H]1CC[C@@H]2O[C@@H]([C@H]3COC(C)(C)O3)C[C@]2(CO[Si](C)(C)C(C)(C)C)O1.[C-]#[N+][C@H](C)C[C@H]1CC[C@@H]2O[C@@H]3C[C@]2(C=C[C@H]3OC(C)=O)O1.[C-]#[N+][C@H](C)C[C@H]1CC[C@@H]2O[C@@H]3C[C@]2(CO[C@H]3O)O1.[C-]#[N+][C@H](C)C[C@H]1CC[C@@H]2O[C@@H]3C[C@]2(CO[C@H]3OCc2ccc(OC)cc2)O1.[H+]. The number of aliphatic hydroxyl groups is 6. The van der Waals surface area contributed by atoms with Crippen LogP contribution in [0.3, 0.4) is 0 Å². The molecule has 14 aliphatic heterocycles. The molecule has 141 heavy (non-hydrogen) atoms. The van der Waals surface area contributed by atoms with Gasteiger partial charge in [0, 0.05) is 126 Å². The number of aliphatic carboxylic acids is 1. The van der Waals surface area contributed by atoms with E-state index in [4.69, 9.17) is 153 Å². The van der Waals surface area contributed by atoms with Crippen molar-refractivity contribution < 1.29 is 141 Å². The molecular weight excluding hydrogens is 1840 g/mol. The summed E-state index contributed by atoms with van der Waals surface area (Å²) in [6.45, 7) is 72.3. The van der Waals surface area contributed by atoms with E-state index in [9.17, 15) is 20.1 Å². The molecule has 0 amide bonds. The summed E-state index contributed by atoms with van der Waals surface area (Å²) < 4.78 is 118. The number of rotatable bonds is 24. The topological polar surface area (TPSA) is 382 Å². The Bertz CT molecular complexity index is 4340. The van der Waals surface area contributed by atoms with Gasteiger partial charge in [0.2, 0.25) is 30.2 Å². The summed E-state index contributed by atoms with van der Waals surface area (Å²) in [4.78, 5) is 38.0. The van der Waals surface area contributed by atoms with Crippen molar-refractivity contribution in [3.63, 3.8) is 0 Å². The van der Waals surface area contributed by atoms with E-state index < -0.39 is 56.1 Å². The molecule has 6 bridgehead atoms. The normalized spacial score (nSPS) is 35.5. The van der Waals surface area contributed by atoms with Crippen molar-refractivity contribution in [3.8, 4) is 11.5 Å². The van der Waals surface area contributed by atoms with E-state index >= 15 is 0 Å². The molecule has 0 saturated carbocycles. The fourth-order valence-electron chi connectivity index (χ4n) is 20.3. The number of hydrogen-bond acceptors (Lipinski definition) is 28. The van der Waals surface area contributed by atoms with E-state index in [1.165, 1.54) is 6.92 Å². The third-order valence-electron chi connectivity index (χ3n) is 28.6. The Morgan fingerprint density at radius 2 is 0.986 bits per heavy atom. The number of methoxy groups -OCH3 is 2. The van der Waals surface area contributed by atoms with Crippen molar-refractivity contribution in [1.82, 2.24) is 0 Å². The fourth-order valence-corrected chi connectivity index (χ4v) is 21.3. The van der Waals surface area contributed by atoms with Gasteiger partial charge < -0.3 is 154 Å². The Morgan fingerprint density at radius 1 is 0.539 bits per heavy atom. The molecule has 17 rings (SSSR count). The lowest BCUT2D eigenvalue weighted by molar-refractivity contribution is -0.242. The molecule has 15 aliphatic rings. The zero-order valence-corrected chi connectivity index (χ0v) is 87.1. The molecule has 14 heterocycles. The van der Waals surface area contributed by atoms with Crippen LogP contribution in [0.25, 0.3) is 24.2 Å². The molecule has 14 fully saturated rings. The number of carboxylic acid groups (broad SMARTS) is 1. The third kappa shape index (κ3) is 34.0. The van der Waals surface area contributed by atoms with Crippen molar-refractivity contribution in [2.75, 3.05) is 60.5 Å². The van der Waals surface area contributed by atoms with Crippen molar-refractivity contribution in [1.29, 1.82) is 0 Å². The summed E-state index contributed by atoms with van der Waals surface area (Å²) >= 11 is 0. The van der Waals surface area contributed by atoms with Gasteiger partial charge >= 0.3 is 7.40 Å². The fraction of sp³-hybridized carbons (Fsp3) is 0.802. The first kappa shape index (κ1) is 120. The first-order valence-corrected chi connectivity index (χ1v) is 53.3. The molecule has 14 saturated heterocycles. The van der Waals surface area contributed by atoms with Gasteiger partial charge in [-0.3, -0.25) is 9.59 Å². The lowest BCUT2D eigenvalue weighted by Gasteiger charge is -2.45. The average Bonchev–Trinajstić information content (AvgIpc) is 1.60. The van der Waals surface area contributed by atoms with Gasteiger partial charge in [-0.15, -0.1) is 0 Å². The van der Waals surface area contributed by atoms with Gasteiger partial charge in [-0.2, -0.15) is 0 Å². The maximum Gasteiger partial charge on any atom is 1.00 e. The number of fused-ring (bicyclic) bond motifs is 5. The second-order valence-corrected chi connectivity index (χ2v) is 47.5. The van der Waals surface area contributed by atoms with Crippen LogP contribution in [0.5, 0.6) is 11.5 Å². The molecule has 35 heteroatoms. The number of esters is 1. The quantitative estimate of drug-likeness (QED) is 0.0222. The second kappa shape index (κ2) is 54.9. The molecule has 31 atom stereocenters. The van der Waals surface area contributed by atoms with Gasteiger partial charge in [-0.1, -0.05) is 79.3 Å². The van der Waals surface area contributed by atoms with Crippen molar-refractivity contribution in [2.24, 2.45) is 5.92 Å². The smallest absolute Gasteiger partial charge is 0.497 e. The van der Waals surface area contributed by atoms with Crippen LogP contribution < -0.4 is 9.47 Å². The summed E-state index contributed by atoms with van der Waals surface area (Å²) in [7, 11) is 1.34. The van der Waals surface area contributed by atoms with Crippen LogP contribution in [0.2, 0.25) is 18.1 Å². The zero-order valence-electron chi connectivity index (χ0n) is 87.1. The molecule has 7 N–H and O–H groups in total. The van der Waals surface area contributed by atoms with Crippen LogP contribution in [-0.4, -0.2) is 309 Å². The summed E-state index contributed by atoms with van der Waals surface area (Å²) in [6, 6.07) is 15.0. The second-order valence-electron chi connectivity index (χ2n) is 42.7. The molecule has 0 aromatic heterocycles. The van der Waals surface area contributed by atoms with Crippen LogP contribution in [-0.2, 0) is 108 Å². The molecular formula is C106H168N5O29Si+. The van der Waals surface area contributed by atoms with Crippen LogP contribution >= 0.6 is 0 Å². The zero-order chi connectivity index (χ0) is 103. The lowest BCUT2D eigenvalue weighted by atomic mass is 9.82. The van der Waals surface area contributed by atoms with Crippen LogP contribution in [0.15, 0.2) is 60.7 Å². The molecule has 2 aromatic carbocycles. The Morgan fingerprint density at radius 3 is 1.43 bits per heavy atom. The molecule has 3 spiro atoms. The van der Waals surface area contributed by atoms with Crippen LogP contribution in [0, 0.1) is 38.8 Å². The van der Waals surface area contributed by atoms with E-state index in [0.29, 0.717) is 52.3 Å².